The van der Waals surface area contributed by atoms with Gasteiger partial charge in [0.1, 0.15) is 23.9 Å². The molecule has 0 unspecified atom stereocenters. The van der Waals surface area contributed by atoms with Gasteiger partial charge in [-0.1, -0.05) is 30.0 Å². The van der Waals surface area contributed by atoms with Crippen LogP contribution in [0.2, 0.25) is 0 Å². The fraction of sp³-hybridized carbons (Fsp3) is 0.455. The van der Waals surface area contributed by atoms with Gasteiger partial charge in [-0.05, 0) is 12.1 Å². The Labute approximate surface area is 228 Å². The summed E-state index contributed by atoms with van der Waals surface area (Å²) in [5.74, 6) is -1.91. The van der Waals surface area contributed by atoms with E-state index in [9.17, 15) is 44.7 Å². The first-order valence-corrected chi connectivity index (χ1v) is 14.2. The van der Waals surface area contributed by atoms with Crippen LogP contribution in [0.15, 0.2) is 53.9 Å². The average Bonchev–Trinajstić information content (AvgIpc) is 3.19. The van der Waals surface area contributed by atoms with Crippen LogP contribution in [0.4, 0.5) is 25.2 Å². The van der Waals surface area contributed by atoms with Gasteiger partial charge < -0.3 is 24.1 Å². The monoisotopic (exact) mass is 624 g/mol. The van der Waals surface area contributed by atoms with Crippen LogP contribution < -0.4 is 4.57 Å². The number of thioether (sulfide) groups is 1. The number of carbonyl (C=O) groups excluding carboxylic acids is 3. The van der Waals surface area contributed by atoms with Gasteiger partial charge in [0.2, 0.25) is 6.33 Å². The van der Waals surface area contributed by atoms with Gasteiger partial charge >= 0.3 is 50.9 Å². The van der Waals surface area contributed by atoms with Crippen LogP contribution >= 0.6 is 19.6 Å². The fourth-order valence-corrected chi connectivity index (χ4v) is 4.60. The molecule has 0 saturated carbocycles. The topological polar surface area (TPSA) is 117 Å². The first-order valence-electron chi connectivity index (χ1n) is 11.3. The number of ether oxygens (including phenoxy) is 4. The number of aliphatic hydroxyl groups is 1. The zero-order valence-electron chi connectivity index (χ0n) is 21.2. The summed E-state index contributed by atoms with van der Waals surface area (Å²) in [6.45, 7) is 1.81. The molecule has 5 atom stereocenters. The molecule has 40 heavy (non-hydrogen) atoms. The standard InChI is InChI=1S/C22H27N2O8S.F6P/c1-14(26)29-20-19(32-18(28)11-24-10-9-23(3)13-24)17(12-25)31-22(21(20)30-15(2)27)33-16-7-5-4-6-8-16;1-7(2,3,4,5)6/h4-10,13,17,19-22,25H,11-12H2,1-3H3;/q+1;-1/t17-,19-,20+,21-,22+;/m1./s1. The first kappa shape index (κ1) is 33.3. The number of esters is 3. The van der Waals surface area contributed by atoms with Crippen molar-refractivity contribution in [1.82, 2.24) is 4.57 Å². The van der Waals surface area contributed by atoms with Crippen LogP contribution in [-0.4, -0.2) is 64.0 Å². The number of benzene rings is 1. The molecule has 0 amide bonds. The number of aromatic nitrogens is 2. The first-order chi connectivity index (χ1) is 18.2. The third-order valence-corrected chi connectivity index (χ3v) is 5.93. The number of imidazole rings is 1. The van der Waals surface area contributed by atoms with Crippen LogP contribution in [0.25, 0.3) is 0 Å². The summed E-state index contributed by atoms with van der Waals surface area (Å²) in [6, 6.07) is 9.22. The van der Waals surface area contributed by atoms with Gasteiger partial charge in [0.05, 0.1) is 13.7 Å². The Bertz CT molecular complexity index is 1170. The number of nitrogens with zero attached hydrogens (tertiary/aromatic N) is 2. The molecule has 1 aromatic heterocycles. The zero-order valence-corrected chi connectivity index (χ0v) is 23.0. The molecular formula is C22H27F6N2O8PS. The predicted octanol–water partition coefficient (Wildman–Crippen LogP) is 3.98. The van der Waals surface area contributed by atoms with E-state index >= 15 is 0 Å². The minimum atomic E-state index is -10.7. The SMILES string of the molecule is CC(=O)O[C@@H]1[C@@H](OC(C)=O)[C@H](Sc2ccccc2)O[C@H](CO)[C@H]1OC(=O)Cn1cc[n+](C)c1.F[P-](F)(F)(F)(F)F. The molecule has 0 bridgehead atoms. The zero-order chi connectivity index (χ0) is 30.4. The van der Waals surface area contributed by atoms with Crippen molar-refractivity contribution in [3.63, 3.8) is 0 Å². The van der Waals surface area contributed by atoms with E-state index in [1.807, 2.05) is 37.4 Å². The summed E-state index contributed by atoms with van der Waals surface area (Å²) in [5, 5.41) is 9.99. The molecule has 1 N–H and O–H groups in total. The number of aryl methyl sites for hydroxylation is 1. The summed E-state index contributed by atoms with van der Waals surface area (Å²) >= 11 is 1.24. The molecule has 1 aliphatic heterocycles. The van der Waals surface area contributed by atoms with E-state index < -0.39 is 62.2 Å². The molecule has 0 aliphatic carbocycles. The molecule has 2 heterocycles. The van der Waals surface area contributed by atoms with Crippen LogP contribution in [0.5, 0.6) is 0 Å². The van der Waals surface area contributed by atoms with Gasteiger partial charge in [0.25, 0.3) is 0 Å². The van der Waals surface area contributed by atoms with E-state index in [2.05, 4.69) is 0 Å². The van der Waals surface area contributed by atoms with E-state index in [0.717, 1.165) is 4.90 Å². The molecule has 1 saturated heterocycles. The van der Waals surface area contributed by atoms with Crippen LogP contribution in [0, 0.1) is 0 Å². The Hall–Kier alpha value is -2.88. The van der Waals surface area contributed by atoms with Crippen molar-refractivity contribution >= 4 is 37.5 Å². The Morgan fingerprint density at radius 1 is 0.975 bits per heavy atom. The van der Waals surface area contributed by atoms with Crippen molar-refractivity contribution < 1.29 is 68.2 Å². The van der Waals surface area contributed by atoms with Gasteiger partial charge in [0.15, 0.2) is 24.9 Å². The van der Waals surface area contributed by atoms with Crippen LogP contribution in [0.1, 0.15) is 13.8 Å². The van der Waals surface area contributed by atoms with Gasteiger partial charge in [0, 0.05) is 18.7 Å². The van der Waals surface area contributed by atoms with E-state index in [1.165, 1.54) is 25.6 Å². The fourth-order valence-electron chi connectivity index (χ4n) is 3.47. The summed E-state index contributed by atoms with van der Waals surface area (Å²) in [5.41, 5.74) is -0.823. The molecule has 2 aromatic rings. The molecule has 226 valence electrons. The summed E-state index contributed by atoms with van der Waals surface area (Å²) < 4.78 is 85.1. The Balaban J connectivity index is 0.000000708. The number of aliphatic hydroxyl groups excluding tert-OH is 1. The molecule has 1 aromatic carbocycles. The van der Waals surface area contributed by atoms with E-state index in [1.54, 1.807) is 27.9 Å². The van der Waals surface area contributed by atoms with Crippen molar-refractivity contribution in [3.05, 3.63) is 49.1 Å². The summed E-state index contributed by atoms with van der Waals surface area (Å²) in [7, 11) is -8.85. The molecule has 3 rings (SSSR count). The molecule has 0 spiro atoms. The van der Waals surface area contributed by atoms with E-state index in [4.69, 9.17) is 18.9 Å². The van der Waals surface area contributed by atoms with Crippen molar-refractivity contribution in [2.24, 2.45) is 7.05 Å². The Kier molecular flexibility index (Phi) is 10.3. The molecule has 1 aliphatic rings. The van der Waals surface area contributed by atoms with Gasteiger partial charge in [-0.25, -0.2) is 13.9 Å². The number of halogens is 6. The second-order valence-corrected chi connectivity index (χ2v) is 11.6. The van der Waals surface area contributed by atoms with Gasteiger partial charge in [-0.15, -0.1) is 0 Å². The van der Waals surface area contributed by atoms with E-state index in [0.29, 0.717) is 0 Å². The minimum absolute atomic E-state index is 0.108. The third kappa shape index (κ3) is 13.0. The van der Waals surface area contributed by atoms with Gasteiger partial charge in [-0.3, -0.25) is 9.59 Å². The maximum atomic E-state index is 12.6. The van der Waals surface area contributed by atoms with Crippen molar-refractivity contribution in [2.45, 2.75) is 55.1 Å². The molecule has 18 heteroatoms. The number of carbonyl (C=O) groups is 3. The Morgan fingerprint density at radius 2 is 1.52 bits per heavy atom. The van der Waals surface area contributed by atoms with E-state index in [-0.39, 0.29) is 6.54 Å². The normalized spacial score (nSPS) is 24.4. The maximum absolute atomic E-state index is 12.6. The molecule has 1 fully saturated rings. The van der Waals surface area contributed by atoms with Crippen molar-refractivity contribution in [3.8, 4) is 0 Å². The summed E-state index contributed by atoms with van der Waals surface area (Å²) in [4.78, 5) is 37.2. The van der Waals surface area contributed by atoms with Crippen LogP contribution in [-0.2, 0) is 46.9 Å². The van der Waals surface area contributed by atoms with Gasteiger partial charge in [-0.2, -0.15) is 0 Å². The third-order valence-electron chi connectivity index (χ3n) is 4.77. The molecular weight excluding hydrogens is 597 g/mol. The summed E-state index contributed by atoms with van der Waals surface area (Å²) in [6.07, 6.45) is 0.696. The molecule has 10 nitrogen and oxygen atoms in total. The van der Waals surface area contributed by atoms with Crippen molar-refractivity contribution in [2.75, 3.05) is 6.61 Å². The van der Waals surface area contributed by atoms with Crippen LogP contribution in [0.3, 0.4) is 0 Å². The second kappa shape index (κ2) is 12.3. The van der Waals surface area contributed by atoms with Crippen molar-refractivity contribution in [1.29, 1.82) is 0 Å². The number of hydrogen-bond acceptors (Lipinski definition) is 9. The number of rotatable bonds is 8. The second-order valence-electron chi connectivity index (χ2n) is 8.47. The number of hydrogen-bond donors (Lipinski definition) is 1. The quantitative estimate of drug-likeness (QED) is 0.153. The predicted molar refractivity (Wildman–Crippen MR) is 128 cm³/mol. The Morgan fingerprint density at radius 3 is 2.00 bits per heavy atom. The average molecular weight is 624 g/mol. The molecule has 0 radical (unpaired) electrons.